The molecule has 1 heterocycles. The van der Waals surface area contributed by atoms with Crippen molar-refractivity contribution >= 4 is 11.6 Å². The molecule has 0 aromatic heterocycles. The number of β-lactam (4-membered cyclic amide) rings is 1. The number of amides is 1. The summed E-state index contributed by atoms with van der Waals surface area (Å²) >= 11 is 0. The van der Waals surface area contributed by atoms with Gasteiger partial charge in [-0.25, -0.2) is 0 Å². The zero-order valence-electron chi connectivity index (χ0n) is 10.7. The van der Waals surface area contributed by atoms with Gasteiger partial charge in [-0.3, -0.25) is 4.79 Å². The molecular formula is C16H15NO2. The summed E-state index contributed by atoms with van der Waals surface area (Å²) in [4.78, 5) is 13.7. The highest BCUT2D eigenvalue weighted by Crippen LogP contribution is 2.39. The first kappa shape index (κ1) is 11.8. The van der Waals surface area contributed by atoms with E-state index >= 15 is 0 Å². The molecule has 1 atom stereocenters. The number of methoxy groups -OCH3 is 1. The number of para-hydroxylation sites is 1. The Morgan fingerprint density at radius 3 is 2.58 bits per heavy atom. The van der Waals surface area contributed by atoms with E-state index in [9.17, 15) is 4.79 Å². The number of rotatable bonds is 3. The van der Waals surface area contributed by atoms with Crippen LogP contribution in [0, 0.1) is 0 Å². The van der Waals surface area contributed by atoms with Gasteiger partial charge in [-0.2, -0.15) is 0 Å². The third-order valence-corrected chi connectivity index (χ3v) is 3.46. The molecule has 1 unspecified atom stereocenters. The van der Waals surface area contributed by atoms with Crippen LogP contribution in [0.15, 0.2) is 54.6 Å². The van der Waals surface area contributed by atoms with Gasteiger partial charge in [-0.1, -0.05) is 30.3 Å². The molecule has 0 aliphatic carbocycles. The van der Waals surface area contributed by atoms with Crippen molar-refractivity contribution in [3.05, 3.63) is 60.2 Å². The standard InChI is InChI=1S/C16H15NO2/c1-19-14-9-5-6-12(10-14)15-11-16(18)17(15)13-7-3-2-4-8-13/h2-10,15H,11H2,1H3. The van der Waals surface area contributed by atoms with Gasteiger partial charge < -0.3 is 9.64 Å². The lowest BCUT2D eigenvalue weighted by atomic mass is 9.93. The monoisotopic (exact) mass is 253 g/mol. The molecule has 0 N–H and O–H groups in total. The maximum atomic E-state index is 11.9. The predicted molar refractivity (Wildman–Crippen MR) is 74.3 cm³/mol. The molecule has 3 nitrogen and oxygen atoms in total. The van der Waals surface area contributed by atoms with Crippen LogP contribution in [0.1, 0.15) is 18.0 Å². The fraction of sp³-hybridized carbons (Fsp3) is 0.188. The van der Waals surface area contributed by atoms with Crippen molar-refractivity contribution in [1.29, 1.82) is 0 Å². The second-order valence-electron chi connectivity index (χ2n) is 4.60. The Balaban J connectivity index is 1.91. The lowest BCUT2D eigenvalue weighted by Gasteiger charge is -2.40. The number of carbonyl (C=O) groups excluding carboxylic acids is 1. The third kappa shape index (κ3) is 2.08. The van der Waals surface area contributed by atoms with Gasteiger partial charge in [0, 0.05) is 5.69 Å². The van der Waals surface area contributed by atoms with Gasteiger partial charge in [0.2, 0.25) is 5.91 Å². The zero-order chi connectivity index (χ0) is 13.2. The summed E-state index contributed by atoms with van der Waals surface area (Å²) in [6.45, 7) is 0. The van der Waals surface area contributed by atoms with Crippen LogP contribution in [-0.4, -0.2) is 13.0 Å². The second-order valence-corrected chi connectivity index (χ2v) is 4.60. The summed E-state index contributed by atoms with van der Waals surface area (Å²) in [6, 6.07) is 17.8. The molecule has 1 aliphatic heterocycles. The summed E-state index contributed by atoms with van der Waals surface area (Å²) < 4.78 is 5.24. The second kappa shape index (κ2) is 4.76. The number of hydrogen-bond acceptors (Lipinski definition) is 2. The topological polar surface area (TPSA) is 29.5 Å². The average molecular weight is 253 g/mol. The molecule has 1 amide bonds. The number of anilines is 1. The van der Waals surface area contributed by atoms with Crippen molar-refractivity contribution in [3.63, 3.8) is 0 Å². The molecule has 19 heavy (non-hydrogen) atoms. The molecule has 0 bridgehead atoms. The molecule has 0 radical (unpaired) electrons. The van der Waals surface area contributed by atoms with Crippen molar-refractivity contribution in [1.82, 2.24) is 0 Å². The minimum Gasteiger partial charge on any atom is -0.497 e. The van der Waals surface area contributed by atoms with E-state index in [1.165, 1.54) is 0 Å². The zero-order valence-corrected chi connectivity index (χ0v) is 10.7. The molecule has 1 aliphatic rings. The Bertz CT molecular complexity index is 595. The van der Waals surface area contributed by atoms with E-state index in [1.807, 2.05) is 59.5 Å². The molecular weight excluding hydrogens is 238 g/mol. The quantitative estimate of drug-likeness (QED) is 0.786. The third-order valence-electron chi connectivity index (χ3n) is 3.46. The minimum atomic E-state index is 0.116. The fourth-order valence-corrected chi connectivity index (χ4v) is 2.44. The molecule has 0 saturated carbocycles. The number of ether oxygens (including phenoxy) is 1. The lowest BCUT2D eigenvalue weighted by Crippen LogP contribution is -2.46. The fourth-order valence-electron chi connectivity index (χ4n) is 2.44. The van der Waals surface area contributed by atoms with Crippen LogP contribution in [0.2, 0.25) is 0 Å². The van der Waals surface area contributed by atoms with Gasteiger partial charge in [-0.05, 0) is 29.8 Å². The summed E-state index contributed by atoms with van der Waals surface area (Å²) in [7, 11) is 1.65. The van der Waals surface area contributed by atoms with E-state index in [0.717, 1.165) is 17.0 Å². The molecule has 1 saturated heterocycles. The van der Waals surface area contributed by atoms with Gasteiger partial charge in [0.1, 0.15) is 5.75 Å². The first-order chi connectivity index (χ1) is 9.29. The van der Waals surface area contributed by atoms with Crippen molar-refractivity contribution in [2.45, 2.75) is 12.5 Å². The van der Waals surface area contributed by atoms with Gasteiger partial charge in [0.25, 0.3) is 0 Å². The van der Waals surface area contributed by atoms with Crippen LogP contribution in [0.3, 0.4) is 0 Å². The molecule has 3 rings (SSSR count). The number of hydrogen-bond donors (Lipinski definition) is 0. The van der Waals surface area contributed by atoms with Crippen LogP contribution in [0.5, 0.6) is 5.75 Å². The van der Waals surface area contributed by atoms with E-state index in [4.69, 9.17) is 4.74 Å². The van der Waals surface area contributed by atoms with E-state index < -0.39 is 0 Å². The lowest BCUT2D eigenvalue weighted by molar-refractivity contribution is -0.124. The molecule has 1 fully saturated rings. The highest BCUT2D eigenvalue weighted by atomic mass is 16.5. The Kier molecular flexibility index (Phi) is 2.95. The van der Waals surface area contributed by atoms with E-state index in [0.29, 0.717) is 6.42 Å². The highest BCUT2D eigenvalue weighted by Gasteiger charge is 2.38. The minimum absolute atomic E-state index is 0.116. The van der Waals surface area contributed by atoms with Gasteiger partial charge >= 0.3 is 0 Å². The van der Waals surface area contributed by atoms with E-state index in [2.05, 4.69) is 0 Å². The maximum Gasteiger partial charge on any atom is 0.230 e. The molecule has 2 aromatic carbocycles. The molecule has 96 valence electrons. The Morgan fingerprint density at radius 2 is 1.89 bits per heavy atom. The number of carbonyl (C=O) groups is 1. The van der Waals surface area contributed by atoms with Gasteiger partial charge in [0.15, 0.2) is 0 Å². The first-order valence-corrected chi connectivity index (χ1v) is 6.30. The van der Waals surface area contributed by atoms with Crippen LogP contribution in [0.25, 0.3) is 0 Å². The first-order valence-electron chi connectivity index (χ1n) is 6.30. The van der Waals surface area contributed by atoms with Crippen LogP contribution in [0.4, 0.5) is 5.69 Å². The number of benzene rings is 2. The summed E-state index contributed by atoms with van der Waals surface area (Å²) in [5, 5.41) is 0. The van der Waals surface area contributed by atoms with Crippen molar-refractivity contribution < 1.29 is 9.53 Å². The molecule has 2 aromatic rings. The van der Waals surface area contributed by atoms with Crippen molar-refractivity contribution in [2.75, 3.05) is 12.0 Å². The van der Waals surface area contributed by atoms with Gasteiger partial charge in [0.05, 0.1) is 19.6 Å². The predicted octanol–water partition coefficient (Wildman–Crippen LogP) is 3.17. The molecule has 0 spiro atoms. The largest absolute Gasteiger partial charge is 0.497 e. The Labute approximate surface area is 112 Å². The van der Waals surface area contributed by atoms with E-state index in [1.54, 1.807) is 7.11 Å². The van der Waals surface area contributed by atoms with E-state index in [-0.39, 0.29) is 11.9 Å². The average Bonchev–Trinajstić information content (AvgIpc) is 2.45. The maximum absolute atomic E-state index is 11.9. The summed E-state index contributed by atoms with van der Waals surface area (Å²) in [5.74, 6) is 0.990. The normalized spacial score (nSPS) is 18.1. The summed E-state index contributed by atoms with van der Waals surface area (Å²) in [5.41, 5.74) is 2.06. The summed E-state index contributed by atoms with van der Waals surface area (Å²) in [6.07, 6.45) is 0.558. The Hall–Kier alpha value is -2.29. The SMILES string of the molecule is COc1cccc(C2CC(=O)N2c2ccccc2)c1. The van der Waals surface area contributed by atoms with Gasteiger partial charge in [-0.15, -0.1) is 0 Å². The van der Waals surface area contributed by atoms with Crippen molar-refractivity contribution in [3.8, 4) is 5.75 Å². The number of nitrogens with zero attached hydrogens (tertiary/aromatic N) is 1. The van der Waals surface area contributed by atoms with Crippen LogP contribution < -0.4 is 9.64 Å². The van der Waals surface area contributed by atoms with Crippen LogP contribution in [-0.2, 0) is 4.79 Å². The Morgan fingerprint density at radius 1 is 1.11 bits per heavy atom. The molecule has 3 heteroatoms. The van der Waals surface area contributed by atoms with Crippen LogP contribution >= 0.6 is 0 Å². The highest BCUT2D eigenvalue weighted by molar-refractivity contribution is 6.01. The van der Waals surface area contributed by atoms with Crippen molar-refractivity contribution in [2.24, 2.45) is 0 Å². The smallest absolute Gasteiger partial charge is 0.230 e.